The van der Waals surface area contributed by atoms with Crippen LogP contribution in [0.4, 0.5) is 5.69 Å². The molecule has 2 N–H and O–H groups in total. The summed E-state index contributed by atoms with van der Waals surface area (Å²) in [6.07, 6.45) is 0. The molecule has 1 rings (SSSR count). The number of rotatable bonds is 8. The van der Waals surface area contributed by atoms with Crippen molar-refractivity contribution in [1.29, 1.82) is 0 Å². The molecule has 0 bridgehead atoms. The molecule has 1 aromatic carbocycles. The van der Waals surface area contributed by atoms with Gasteiger partial charge in [-0.3, -0.25) is 0 Å². The standard InChI is InChI=1S/C13H19NO5/c1-16-6-8-18-11-5-3-4-10(14)12(11)13(15)19-9-7-17-2/h3-5H,6-9,14H2,1-2H3. The lowest BCUT2D eigenvalue weighted by Crippen LogP contribution is -2.14. The summed E-state index contributed by atoms with van der Waals surface area (Å²) in [6, 6.07) is 5.00. The van der Waals surface area contributed by atoms with Gasteiger partial charge in [0.15, 0.2) is 0 Å². The molecule has 0 aliphatic rings. The Hall–Kier alpha value is -1.79. The van der Waals surface area contributed by atoms with E-state index in [4.69, 9.17) is 24.7 Å². The van der Waals surface area contributed by atoms with Gasteiger partial charge in [-0.1, -0.05) is 6.07 Å². The second-order valence-corrected chi connectivity index (χ2v) is 3.69. The zero-order chi connectivity index (χ0) is 14.1. The maximum atomic E-state index is 11.9. The van der Waals surface area contributed by atoms with Crippen LogP contribution in [0.3, 0.4) is 0 Å². The van der Waals surface area contributed by atoms with Crippen molar-refractivity contribution in [2.45, 2.75) is 0 Å². The van der Waals surface area contributed by atoms with E-state index in [1.165, 1.54) is 7.11 Å². The highest BCUT2D eigenvalue weighted by atomic mass is 16.6. The molecule has 0 atom stereocenters. The molecule has 0 fully saturated rings. The van der Waals surface area contributed by atoms with E-state index < -0.39 is 5.97 Å². The predicted octanol–water partition coefficient (Wildman–Crippen LogP) is 1.10. The summed E-state index contributed by atoms with van der Waals surface area (Å²) in [6.45, 7) is 1.25. The van der Waals surface area contributed by atoms with Crippen molar-refractivity contribution in [3.63, 3.8) is 0 Å². The SMILES string of the molecule is COCCOC(=O)c1c(N)cccc1OCCOC. The number of hydrogen-bond acceptors (Lipinski definition) is 6. The third-order valence-electron chi connectivity index (χ3n) is 2.33. The van der Waals surface area contributed by atoms with Gasteiger partial charge in [-0.2, -0.15) is 0 Å². The van der Waals surface area contributed by atoms with Gasteiger partial charge >= 0.3 is 5.97 Å². The van der Waals surface area contributed by atoms with Crippen molar-refractivity contribution in [1.82, 2.24) is 0 Å². The molecule has 0 aliphatic carbocycles. The Labute approximate surface area is 112 Å². The molecule has 19 heavy (non-hydrogen) atoms. The molecule has 0 unspecified atom stereocenters. The molecule has 1 aromatic rings. The average molecular weight is 269 g/mol. The van der Waals surface area contributed by atoms with Gasteiger partial charge in [-0.15, -0.1) is 0 Å². The molecular weight excluding hydrogens is 250 g/mol. The van der Waals surface area contributed by atoms with Crippen LogP contribution in [-0.4, -0.2) is 46.6 Å². The average Bonchev–Trinajstić information content (AvgIpc) is 2.39. The highest BCUT2D eigenvalue weighted by Crippen LogP contribution is 2.25. The minimum atomic E-state index is -0.525. The van der Waals surface area contributed by atoms with Gasteiger partial charge in [0.2, 0.25) is 0 Å². The van der Waals surface area contributed by atoms with Crippen LogP contribution in [-0.2, 0) is 14.2 Å². The number of hydrogen-bond donors (Lipinski definition) is 1. The fraction of sp³-hybridized carbons (Fsp3) is 0.462. The highest BCUT2D eigenvalue weighted by molar-refractivity contribution is 5.98. The number of carbonyl (C=O) groups is 1. The van der Waals surface area contributed by atoms with E-state index in [9.17, 15) is 4.79 Å². The van der Waals surface area contributed by atoms with Crippen molar-refractivity contribution in [2.75, 3.05) is 46.4 Å². The lowest BCUT2D eigenvalue weighted by molar-refractivity contribution is 0.0384. The first-order valence-electron chi connectivity index (χ1n) is 5.87. The van der Waals surface area contributed by atoms with E-state index in [0.29, 0.717) is 31.3 Å². The molecule has 0 radical (unpaired) electrons. The van der Waals surface area contributed by atoms with Gasteiger partial charge in [0.25, 0.3) is 0 Å². The van der Waals surface area contributed by atoms with E-state index in [0.717, 1.165) is 0 Å². The van der Waals surface area contributed by atoms with Crippen LogP contribution in [0.5, 0.6) is 5.75 Å². The number of ether oxygens (including phenoxy) is 4. The smallest absolute Gasteiger partial charge is 0.344 e. The maximum Gasteiger partial charge on any atom is 0.344 e. The molecule has 0 saturated heterocycles. The van der Waals surface area contributed by atoms with E-state index in [1.54, 1.807) is 25.3 Å². The number of carbonyl (C=O) groups excluding carboxylic acids is 1. The fourth-order valence-electron chi connectivity index (χ4n) is 1.41. The van der Waals surface area contributed by atoms with Crippen LogP contribution in [0, 0.1) is 0 Å². The number of methoxy groups -OCH3 is 2. The van der Waals surface area contributed by atoms with Gasteiger partial charge in [0.1, 0.15) is 24.5 Å². The van der Waals surface area contributed by atoms with Crippen molar-refractivity contribution in [3.05, 3.63) is 23.8 Å². The Morgan fingerprint density at radius 3 is 2.47 bits per heavy atom. The second kappa shape index (κ2) is 8.34. The van der Waals surface area contributed by atoms with E-state index in [2.05, 4.69) is 0 Å². The van der Waals surface area contributed by atoms with Gasteiger partial charge in [0.05, 0.1) is 13.2 Å². The van der Waals surface area contributed by atoms with Crippen molar-refractivity contribution < 1.29 is 23.7 Å². The summed E-state index contributed by atoms with van der Waals surface area (Å²) in [7, 11) is 3.10. The summed E-state index contributed by atoms with van der Waals surface area (Å²) >= 11 is 0. The van der Waals surface area contributed by atoms with Crippen LogP contribution < -0.4 is 10.5 Å². The van der Waals surface area contributed by atoms with Crippen LogP contribution in [0.2, 0.25) is 0 Å². The molecule has 0 heterocycles. The molecule has 6 heteroatoms. The van der Waals surface area contributed by atoms with Crippen LogP contribution in [0.1, 0.15) is 10.4 Å². The first kappa shape index (κ1) is 15.3. The Kier molecular flexibility index (Phi) is 6.70. The van der Waals surface area contributed by atoms with Crippen LogP contribution >= 0.6 is 0 Å². The molecule has 0 amide bonds. The summed E-state index contributed by atoms with van der Waals surface area (Å²) < 4.78 is 20.2. The topological polar surface area (TPSA) is 80.0 Å². The molecule has 106 valence electrons. The predicted molar refractivity (Wildman–Crippen MR) is 70.4 cm³/mol. The lowest BCUT2D eigenvalue weighted by Gasteiger charge is -2.12. The summed E-state index contributed by atoms with van der Waals surface area (Å²) in [5.41, 5.74) is 6.34. The number of esters is 1. The normalized spacial score (nSPS) is 10.2. The monoisotopic (exact) mass is 269 g/mol. The fourth-order valence-corrected chi connectivity index (χ4v) is 1.41. The van der Waals surface area contributed by atoms with Gasteiger partial charge < -0.3 is 24.7 Å². The van der Waals surface area contributed by atoms with Crippen molar-refractivity contribution in [3.8, 4) is 5.75 Å². The maximum absolute atomic E-state index is 11.9. The molecule has 0 spiro atoms. The minimum absolute atomic E-state index is 0.168. The Balaban J connectivity index is 2.75. The van der Waals surface area contributed by atoms with Gasteiger partial charge in [-0.25, -0.2) is 4.79 Å². The van der Waals surface area contributed by atoms with Gasteiger partial charge in [-0.05, 0) is 12.1 Å². The number of benzene rings is 1. The molecule has 0 saturated carbocycles. The van der Waals surface area contributed by atoms with Crippen LogP contribution in [0.15, 0.2) is 18.2 Å². The third-order valence-corrected chi connectivity index (χ3v) is 2.33. The van der Waals surface area contributed by atoms with E-state index in [1.807, 2.05) is 0 Å². The van der Waals surface area contributed by atoms with E-state index >= 15 is 0 Å². The Morgan fingerprint density at radius 1 is 1.11 bits per heavy atom. The summed E-state index contributed by atoms with van der Waals surface area (Å²) in [4.78, 5) is 11.9. The van der Waals surface area contributed by atoms with Crippen LogP contribution in [0.25, 0.3) is 0 Å². The number of anilines is 1. The number of nitrogen functional groups attached to an aromatic ring is 1. The zero-order valence-electron chi connectivity index (χ0n) is 11.2. The molecule has 6 nitrogen and oxygen atoms in total. The quantitative estimate of drug-likeness (QED) is 0.432. The summed E-state index contributed by atoms with van der Waals surface area (Å²) in [5, 5.41) is 0. The minimum Gasteiger partial charge on any atom is -0.490 e. The van der Waals surface area contributed by atoms with Crippen molar-refractivity contribution in [2.24, 2.45) is 0 Å². The Bertz CT molecular complexity index is 408. The third kappa shape index (κ3) is 4.76. The molecule has 0 aliphatic heterocycles. The molecular formula is C13H19NO5. The second-order valence-electron chi connectivity index (χ2n) is 3.69. The zero-order valence-corrected chi connectivity index (χ0v) is 11.2. The van der Waals surface area contributed by atoms with Crippen molar-refractivity contribution >= 4 is 11.7 Å². The lowest BCUT2D eigenvalue weighted by atomic mass is 10.1. The largest absolute Gasteiger partial charge is 0.490 e. The molecule has 0 aromatic heterocycles. The Morgan fingerprint density at radius 2 is 1.79 bits per heavy atom. The van der Waals surface area contributed by atoms with Gasteiger partial charge in [0, 0.05) is 19.9 Å². The first-order chi connectivity index (χ1) is 9.20. The number of nitrogens with two attached hydrogens (primary N) is 1. The summed E-state index contributed by atoms with van der Waals surface area (Å²) in [5.74, 6) is -0.137. The van der Waals surface area contributed by atoms with E-state index in [-0.39, 0.29) is 12.2 Å². The first-order valence-corrected chi connectivity index (χ1v) is 5.87. The highest BCUT2D eigenvalue weighted by Gasteiger charge is 2.17.